The molecule has 2 heterocycles. The van der Waals surface area contributed by atoms with Gasteiger partial charge in [0.15, 0.2) is 0 Å². The lowest BCUT2D eigenvalue weighted by molar-refractivity contribution is 0.402. The number of rotatable bonds is 1. The Bertz CT molecular complexity index is 445. The molecule has 0 saturated heterocycles. The van der Waals surface area contributed by atoms with Gasteiger partial charge in [-0.2, -0.15) is 0 Å². The Morgan fingerprint density at radius 1 is 1.38 bits per heavy atom. The molecular formula is C10H12N2O. The Labute approximate surface area is 76.8 Å². The number of H-pyrrole nitrogens is 1. The number of aromatic amines is 1. The molecule has 0 bridgehead atoms. The zero-order valence-electron chi connectivity index (χ0n) is 8.01. The number of aryl methyl sites for hydroxylation is 2. The molecule has 3 nitrogen and oxygen atoms in total. The Morgan fingerprint density at radius 2 is 2.15 bits per heavy atom. The standard InChI is InChI=1S/C10H12N2O/c1-6-7(2)12-9-8(6)4-5-11-10(9)13-3/h4-5,12H,1-3H3. The van der Waals surface area contributed by atoms with Crippen molar-refractivity contribution in [1.82, 2.24) is 9.97 Å². The monoisotopic (exact) mass is 176 g/mol. The third-order valence-electron chi connectivity index (χ3n) is 2.39. The summed E-state index contributed by atoms with van der Waals surface area (Å²) in [6.07, 6.45) is 1.77. The minimum atomic E-state index is 0.661. The van der Waals surface area contributed by atoms with Crippen molar-refractivity contribution in [2.24, 2.45) is 0 Å². The molecule has 2 aromatic rings. The van der Waals surface area contributed by atoms with Crippen LogP contribution in [0.5, 0.6) is 5.88 Å². The topological polar surface area (TPSA) is 37.9 Å². The Morgan fingerprint density at radius 3 is 2.85 bits per heavy atom. The fraction of sp³-hybridized carbons (Fsp3) is 0.300. The van der Waals surface area contributed by atoms with Crippen LogP contribution in [-0.2, 0) is 0 Å². The van der Waals surface area contributed by atoms with Gasteiger partial charge in [0.25, 0.3) is 0 Å². The van der Waals surface area contributed by atoms with Gasteiger partial charge in [0.1, 0.15) is 5.52 Å². The lowest BCUT2D eigenvalue weighted by Crippen LogP contribution is -1.87. The molecule has 0 radical (unpaired) electrons. The van der Waals surface area contributed by atoms with Gasteiger partial charge < -0.3 is 9.72 Å². The molecule has 13 heavy (non-hydrogen) atoms. The van der Waals surface area contributed by atoms with E-state index in [1.807, 2.05) is 6.07 Å². The van der Waals surface area contributed by atoms with E-state index in [2.05, 4.69) is 23.8 Å². The van der Waals surface area contributed by atoms with Gasteiger partial charge in [0.2, 0.25) is 5.88 Å². The molecule has 0 aliphatic rings. The van der Waals surface area contributed by atoms with Crippen molar-refractivity contribution in [1.29, 1.82) is 0 Å². The van der Waals surface area contributed by atoms with E-state index in [1.165, 1.54) is 16.6 Å². The average molecular weight is 176 g/mol. The molecule has 0 aliphatic carbocycles. The second-order valence-electron chi connectivity index (χ2n) is 3.12. The molecule has 3 heteroatoms. The molecule has 1 N–H and O–H groups in total. The van der Waals surface area contributed by atoms with Crippen LogP contribution < -0.4 is 4.74 Å². The summed E-state index contributed by atoms with van der Waals surface area (Å²) in [4.78, 5) is 7.39. The van der Waals surface area contributed by atoms with Crippen LogP contribution in [0.25, 0.3) is 10.9 Å². The fourth-order valence-corrected chi connectivity index (χ4v) is 1.51. The van der Waals surface area contributed by atoms with Crippen molar-refractivity contribution in [2.75, 3.05) is 7.11 Å². The predicted molar refractivity (Wildman–Crippen MR) is 52.1 cm³/mol. The normalized spacial score (nSPS) is 10.7. The van der Waals surface area contributed by atoms with Gasteiger partial charge in [-0.25, -0.2) is 4.98 Å². The van der Waals surface area contributed by atoms with E-state index in [9.17, 15) is 0 Å². The minimum Gasteiger partial charge on any atom is -0.479 e. The van der Waals surface area contributed by atoms with Crippen molar-refractivity contribution in [3.8, 4) is 5.88 Å². The van der Waals surface area contributed by atoms with Crippen LogP contribution in [0.3, 0.4) is 0 Å². The molecule has 0 unspecified atom stereocenters. The number of nitrogens with zero attached hydrogens (tertiary/aromatic N) is 1. The van der Waals surface area contributed by atoms with E-state index in [1.54, 1.807) is 13.3 Å². The molecule has 2 rings (SSSR count). The number of ether oxygens (including phenoxy) is 1. The maximum absolute atomic E-state index is 5.15. The number of hydrogen-bond donors (Lipinski definition) is 1. The maximum atomic E-state index is 5.15. The average Bonchev–Trinajstić information content (AvgIpc) is 2.43. The van der Waals surface area contributed by atoms with E-state index < -0.39 is 0 Å². The summed E-state index contributed by atoms with van der Waals surface area (Å²) in [6, 6.07) is 2.00. The molecule has 0 aromatic carbocycles. The number of methoxy groups -OCH3 is 1. The van der Waals surface area contributed by atoms with Crippen molar-refractivity contribution >= 4 is 10.9 Å². The van der Waals surface area contributed by atoms with E-state index in [-0.39, 0.29) is 0 Å². The fourth-order valence-electron chi connectivity index (χ4n) is 1.51. The minimum absolute atomic E-state index is 0.661. The van der Waals surface area contributed by atoms with Gasteiger partial charge >= 0.3 is 0 Å². The van der Waals surface area contributed by atoms with Crippen molar-refractivity contribution in [2.45, 2.75) is 13.8 Å². The first kappa shape index (κ1) is 8.10. The van der Waals surface area contributed by atoms with E-state index in [0.29, 0.717) is 5.88 Å². The van der Waals surface area contributed by atoms with Gasteiger partial charge in [-0.1, -0.05) is 0 Å². The quantitative estimate of drug-likeness (QED) is 0.723. The van der Waals surface area contributed by atoms with Gasteiger partial charge in [-0.3, -0.25) is 0 Å². The van der Waals surface area contributed by atoms with Gasteiger partial charge in [-0.05, 0) is 25.5 Å². The summed E-state index contributed by atoms with van der Waals surface area (Å²) in [6.45, 7) is 4.14. The summed E-state index contributed by atoms with van der Waals surface area (Å²) in [5.74, 6) is 0.661. The Balaban J connectivity index is 2.84. The molecule has 0 saturated carbocycles. The lowest BCUT2D eigenvalue weighted by Gasteiger charge is -1.98. The van der Waals surface area contributed by atoms with Crippen LogP contribution in [0, 0.1) is 13.8 Å². The van der Waals surface area contributed by atoms with Gasteiger partial charge in [0, 0.05) is 17.3 Å². The van der Waals surface area contributed by atoms with Crippen molar-refractivity contribution < 1.29 is 4.74 Å². The highest BCUT2D eigenvalue weighted by molar-refractivity contribution is 5.87. The first-order valence-corrected chi connectivity index (χ1v) is 4.22. The van der Waals surface area contributed by atoms with Crippen molar-refractivity contribution in [3.05, 3.63) is 23.5 Å². The van der Waals surface area contributed by atoms with Crippen LogP contribution in [0.15, 0.2) is 12.3 Å². The predicted octanol–water partition coefficient (Wildman–Crippen LogP) is 2.19. The third-order valence-corrected chi connectivity index (χ3v) is 2.39. The Kier molecular flexibility index (Phi) is 1.72. The molecule has 0 atom stereocenters. The summed E-state index contributed by atoms with van der Waals surface area (Å²) in [5, 5.41) is 1.18. The number of hydrogen-bond acceptors (Lipinski definition) is 2. The highest BCUT2D eigenvalue weighted by atomic mass is 16.5. The molecule has 2 aromatic heterocycles. The first-order chi connectivity index (χ1) is 6.24. The van der Waals surface area contributed by atoms with Crippen LogP contribution in [0.4, 0.5) is 0 Å². The Hall–Kier alpha value is -1.51. The number of nitrogens with one attached hydrogen (secondary N) is 1. The molecule has 0 amide bonds. The molecular weight excluding hydrogens is 164 g/mol. The number of pyridine rings is 1. The number of aromatic nitrogens is 2. The highest BCUT2D eigenvalue weighted by Gasteiger charge is 2.08. The summed E-state index contributed by atoms with van der Waals surface area (Å²) in [5.41, 5.74) is 3.41. The third kappa shape index (κ3) is 1.08. The van der Waals surface area contributed by atoms with Gasteiger partial charge in [-0.15, -0.1) is 0 Å². The van der Waals surface area contributed by atoms with E-state index in [4.69, 9.17) is 4.74 Å². The summed E-state index contributed by atoms with van der Waals surface area (Å²) in [7, 11) is 1.63. The van der Waals surface area contributed by atoms with Crippen LogP contribution in [-0.4, -0.2) is 17.1 Å². The van der Waals surface area contributed by atoms with Crippen LogP contribution in [0.1, 0.15) is 11.3 Å². The molecule has 68 valence electrons. The number of fused-ring (bicyclic) bond motifs is 1. The first-order valence-electron chi connectivity index (χ1n) is 4.22. The molecule has 0 spiro atoms. The van der Waals surface area contributed by atoms with E-state index >= 15 is 0 Å². The lowest BCUT2D eigenvalue weighted by atomic mass is 10.2. The van der Waals surface area contributed by atoms with Crippen LogP contribution >= 0.6 is 0 Å². The zero-order valence-corrected chi connectivity index (χ0v) is 8.01. The maximum Gasteiger partial charge on any atom is 0.238 e. The SMILES string of the molecule is COc1nccc2c(C)c(C)[nH]c12. The summed E-state index contributed by atoms with van der Waals surface area (Å²) >= 11 is 0. The second-order valence-corrected chi connectivity index (χ2v) is 3.12. The molecule has 0 aliphatic heterocycles. The zero-order chi connectivity index (χ0) is 9.42. The molecule has 0 fully saturated rings. The van der Waals surface area contributed by atoms with Crippen LogP contribution in [0.2, 0.25) is 0 Å². The second kappa shape index (κ2) is 2.76. The largest absolute Gasteiger partial charge is 0.479 e. The van der Waals surface area contributed by atoms with E-state index in [0.717, 1.165) is 5.52 Å². The highest BCUT2D eigenvalue weighted by Crippen LogP contribution is 2.26. The van der Waals surface area contributed by atoms with Crippen molar-refractivity contribution in [3.63, 3.8) is 0 Å². The van der Waals surface area contributed by atoms with Gasteiger partial charge in [0.05, 0.1) is 7.11 Å². The summed E-state index contributed by atoms with van der Waals surface area (Å²) < 4.78 is 5.15. The smallest absolute Gasteiger partial charge is 0.238 e.